The van der Waals surface area contributed by atoms with Crippen LogP contribution in [0, 0.1) is 0 Å². The molecule has 0 unspecified atom stereocenters. The molecule has 0 spiro atoms. The first kappa shape index (κ1) is 22.4. The molecule has 1 heterocycles. The minimum absolute atomic E-state index is 0.493. The van der Waals surface area contributed by atoms with Gasteiger partial charge in [-0.15, -0.1) is 17.9 Å². The van der Waals surface area contributed by atoms with E-state index in [0.717, 1.165) is 43.9 Å². The van der Waals surface area contributed by atoms with Crippen LogP contribution in [-0.4, -0.2) is 38.8 Å². The van der Waals surface area contributed by atoms with E-state index in [0.29, 0.717) is 12.3 Å². The minimum Gasteiger partial charge on any atom is -0.497 e. The number of methoxy groups -OCH3 is 3. The normalized spacial score (nSPS) is 11.8. The van der Waals surface area contributed by atoms with E-state index < -0.39 is 0 Å². The van der Waals surface area contributed by atoms with Crippen molar-refractivity contribution in [3.8, 4) is 28.5 Å². The first-order valence-corrected chi connectivity index (χ1v) is 11.2. The largest absolute Gasteiger partial charge is 0.497 e. The first-order valence-electron chi connectivity index (χ1n) is 10.3. The highest BCUT2D eigenvalue weighted by atomic mass is 32.1. The van der Waals surface area contributed by atoms with Crippen LogP contribution in [0.3, 0.4) is 0 Å². The van der Waals surface area contributed by atoms with Crippen molar-refractivity contribution < 1.29 is 14.2 Å². The summed E-state index contributed by atoms with van der Waals surface area (Å²) in [7, 11) is 4.94. The smallest absolute Gasteiger partial charge is 0.206 e. The molecule has 4 rings (SSSR count). The van der Waals surface area contributed by atoms with Gasteiger partial charge in [0.25, 0.3) is 0 Å². The summed E-state index contributed by atoms with van der Waals surface area (Å²) >= 11 is 1.51. The number of fused-ring (bicyclic) bond motifs is 1. The molecule has 0 saturated heterocycles. The Morgan fingerprint density at radius 2 is 1.79 bits per heavy atom. The van der Waals surface area contributed by atoms with Crippen LogP contribution in [0.25, 0.3) is 22.0 Å². The van der Waals surface area contributed by atoms with Crippen molar-refractivity contribution in [1.82, 2.24) is 4.68 Å². The van der Waals surface area contributed by atoms with Gasteiger partial charge in [-0.2, -0.15) is 5.10 Å². The third-order valence-corrected chi connectivity index (χ3v) is 6.03. The summed E-state index contributed by atoms with van der Waals surface area (Å²) in [6, 6.07) is 17.9. The maximum absolute atomic E-state index is 5.64. The number of hydrogen-bond donors (Lipinski definition) is 0. The molecule has 0 bridgehead atoms. The van der Waals surface area contributed by atoms with Gasteiger partial charge in [-0.3, -0.25) is 4.99 Å². The number of rotatable bonds is 8. The average molecular weight is 460 g/mol. The second-order valence-corrected chi connectivity index (χ2v) is 7.89. The van der Waals surface area contributed by atoms with E-state index in [9.17, 15) is 0 Å². The van der Waals surface area contributed by atoms with Crippen molar-refractivity contribution in [3.63, 3.8) is 0 Å². The molecule has 0 fully saturated rings. The number of benzene rings is 3. The molecule has 0 N–H and O–H groups in total. The Morgan fingerprint density at radius 3 is 2.55 bits per heavy atom. The van der Waals surface area contributed by atoms with Crippen LogP contribution in [0.4, 0.5) is 0 Å². The number of thiazole rings is 1. The Hall–Kier alpha value is -3.84. The maximum atomic E-state index is 5.64. The predicted molar refractivity (Wildman–Crippen MR) is 135 cm³/mol. The van der Waals surface area contributed by atoms with Crippen LogP contribution < -0.4 is 19.0 Å². The highest BCUT2D eigenvalue weighted by Crippen LogP contribution is 2.34. The lowest BCUT2D eigenvalue weighted by Gasteiger charge is -2.11. The Balaban J connectivity index is 1.90. The lowest BCUT2D eigenvalue weighted by Crippen LogP contribution is -2.13. The Kier molecular flexibility index (Phi) is 6.90. The van der Waals surface area contributed by atoms with Gasteiger partial charge in [-0.25, -0.2) is 4.68 Å². The van der Waals surface area contributed by atoms with Crippen molar-refractivity contribution in [2.45, 2.75) is 0 Å². The predicted octanol–water partition coefficient (Wildman–Crippen LogP) is 5.36. The molecule has 4 aromatic rings. The zero-order valence-electron chi connectivity index (χ0n) is 18.8. The van der Waals surface area contributed by atoms with Crippen LogP contribution in [0.2, 0.25) is 0 Å². The van der Waals surface area contributed by atoms with Crippen molar-refractivity contribution >= 4 is 28.3 Å². The van der Waals surface area contributed by atoms with Gasteiger partial charge in [0.05, 0.1) is 39.8 Å². The fourth-order valence-electron chi connectivity index (χ4n) is 3.56. The van der Waals surface area contributed by atoms with Gasteiger partial charge in [-0.05, 0) is 29.0 Å². The fraction of sp³-hybridized carbons (Fsp3) is 0.154. The standard InChI is InChI=1S/C26H25N3O3S/c1-5-14-27-26-29(23(17-33-26)21-12-11-19(30-2)15-25(21)32-4)28-16-22-20-9-7-6-8-18(20)10-13-24(22)31-3/h5-13,15-17H,1,14H2,2-4H3. The molecule has 7 heteroatoms. The quantitative estimate of drug-likeness (QED) is 0.263. The minimum atomic E-state index is 0.493. The summed E-state index contributed by atoms with van der Waals surface area (Å²) in [4.78, 5) is 5.38. The van der Waals surface area contributed by atoms with Crippen LogP contribution in [0.1, 0.15) is 5.56 Å². The van der Waals surface area contributed by atoms with Gasteiger partial charge < -0.3 is 14.2 Å². The molecular formula is C26H25N3O3S. The van der Waals surface area contributed by atoms with E-state index in [1.54, 1.807) is 27.4 Å². The molecule has 0 saturated carbocycles. The van der Waals surface area contributed by atoms with Gasteiger partial charge in [-0.1, -0.05) is 36.4 Å². The lowest BCUT2D eigenvalue weighted by atomic mass is 10.0. The van der Waals surface area contributed by atoms with Crippen LogP contribution in [-0.2, 0) is 0 Å². The second kappa shape index (κ2) is 10.2. The maximum Gasteiger partial charge on any atom is 0.206 e. The Morgan fingerprint density at radius 1 is 0.970 bits per heavy atom. The van der Waals surface area contributed by atoms with Gasteiger partial charge in [0.2, 0.25) is 4.80 Å². The fourth-order valence-corrected chi connectivity index (χ4v) is 4.40. The molecule has 3 aromatic carbocycles. The molecule has 0 amide bonds. The van der Waals surface area contributed by atoms with E-state index in [-0.39, 0.29) is 0 Å². The molecule has 0 radical (unpaired) electrons. The van der Waals surface area contributed by atoms with Gasteiger partial charge >= 0.3 is 0 Å². The molecule has 0 aliphatic carbocycles. The van der Waals surface area contributed by atoms with Crippen LogP contribution >= 0.6 is 11.3 Å². The number of nitrogens with zero attached hydrogens (tertiary/aromatic N) is 3. The second-order valence-electron chi connectivity index (χ2n) is 7.06. The first-order chi connectivity index (χ1) is 16.2. The van der Waals surface area contributed by atoms with Gasteiger partial charge in [0.15, 0.2) is 0 Å². The SMILES string of the molecule is C=CCN=c1scc(-c2ccc(OC)cc2OC)n1N=Cc1c(OC)ccc2ccccc12. The monoisotopic (exact) mass is 459 g/mol. The van der Waals surface area contributed by atoms with Crippen LogP contribution in [0.15, 0.2) is 82.7 Å². The molecule has 0 atom stereocenters. The van der Waals surface area contributed by atoms with E-state index in [2.05, 4.69) is 23.7 Å². The third kappa shape index (κ3) is 4.54. The molecular weight excluding hydrogens is 434 g/mol. The molecule has 168 valence electrons. The molecule has 1 aromatic heterocycles. The van der Waals surface area contributed by atoms with E-state index in [1.165, 1.54) is 11.3 Å². The summed E-state index contributed by atoms with van der Waals surface area (Å²) in [6.07, 6.45) is 3.58. The van der Waals surface area contributed by atoms with Crippen molar-refractivity contribution in [2.24, 2.45) is 10.1 Å². The molecule has 33 heavy (non-hydrogen) atoms. The Bertz CT molecular complexity index is 1390. The Labute approximate surface area is 196 Å². The molecule has 0 aliphatic heterocycles. The lowest BCUT2D eigenvalue weighted by molar-refractivity contribution is 0.395. The number of ether oxygens (including phenoxy) is 3. The summed E-state index contributed by atoms with van der Waals surface area (Å²) in [5, 5.41) is 9.04. The topological polar surface area (TPSA) is 57.3 Å². The number of hydrogen-bond acceptors (Lipinski definition) is 6. The van der Waals surface area contributed by atoms with Gasteiger partial charge in [0, 0.05) is 22.6 Å². The zero-order chi connectivity index (χ0) is 23.2. The summed E-state index contributed by atoms with van der Waals surface area (Å²) in [5.74, 6) is 2.16. The molecule has 6 nitrogen and oxygen atoms in total. The summed E-state index contributed by atoms with van der Waals surface area (Å²) in [5.41, 5.74) is 2.64. The summed E-state index contributed by atoms with van der Waals surface area (Å²) in [6.45, 7) is 4.27. The van der Waals surface area contributed by atoms with Crippen molar-refractivity contribution in [3.05, 3.63) is 83.0 Å². The highest BCUT2D eigenvalue weighted by Gasteiger charge is 2.14. The number of aromatic nitrogens is 1. The third-order valence-electron chi connectivity index (χ3n) is 5.18. The highest BCUT2D eigenvalue weighted by molar-refractivity contribution is 7.07. The average Bonchev–Trinajstić information content (AvgIpc) is 3.27. The summed E-state index contributed by atoms with van der Waals surface area (Å²) < 4.78 is 18.4. The van der Waals surface area contributed by atoms with Gasteiger partial charge in [0.1, 0.15) is 17.2 Å². The molecule has 0 aliphatic rings. The van der Waals surface area contributed by atoms with Crippen molar-refractivity contribution in [2.75, 3.05) is 27.9 Å². The van der Waals surface area contributed by atoms with E-state index in [4.69, 9.17) is 19.3 Å². The van der Waals surface area contributed by atoms with Crippen LogP contribution in [0.5, 0.6) is 17.2 Å². The van der Waals surface area contributed by atoms with E-state index in [1.807, 2.05) is 58.7 Å². The zero-order valence-corrected chi connectivity index (χ0v) is 19.6. The van der Waals surface area contributed by atoms with E-state index >= 15 is 0 Å². The van der Waals surface area contributed by atoms with Crippen molar-refractivity contribution in [1.29, 1.82) is 0 Å².